The molecule has 0 aliphatic rings. The van der Waals surface area contributed by atoms with Gasteiger partial charge in [-0.1, -0.05) is 17.7 Å². The highest BCUT2D eigenvalue weighted by atomic mass is 35.5. The van der Waals surface area contributed by atoms with Crippen LogP contribution < -0.4 is 10.0 Å². The van der Waals surface area contributed by atoms with E-state index in [9.17, 15) is 12.8 Å². The van der Waals surface area contributed by atoms with E-state index < -0.39 is 15.8 Å². The molecule has 0 unspecified atom stereocenters. The molecule has 0 aliphatic heterocycles. The molecule has 2 N–H and O–H groups in total. The van der Waals surface area contributed by atoms with Gasteiger partial charge < -0.3 is 5.32 Å². The zero-order chi connectivity index (χ0) is 14.8. The van der Waals surface area contributed by atoms with Gasteiger partial charge in [0.15, 0.2) is 0 Å². The molecule has 0 aliphatic carbocycles. The topological polar surface area (TPSA) is 84.0 Å². The van der Waals surface area contributed by atoms with E-state index in [1.165, 1.54) is 12.1 Å². The molecule has 0 saturated carbocycles. The predicted molar refractivity (Wildman–Crippen MR) is 73.8 cm³/mol. The molecule has 2 aromatic rings. The average molecular weight is 317 g/mol. The van der Waals surface area contributed by atoms with E-state index in [0.717, 1.165) is 18.5 Å². The molecule has 20 heavy (non-hydrogen) atoms. The number of para-hydroxylation sites is 1. The number of nitrogens with one attached hydrogen (secondary N) is 2. The molecule has 106 valence electrons. The maximum atomic E-state index is 13.6. The molecule has 1 aromatic carbocycles. The van der Waals surface area contributed by atoms with Crippen molar-refractivity contribution in [1.82, 2.24) is 9.97 Å². The van der Waals surface area contributed by atoms with Crippen molar-refractivity contribution in [1.29, 1.82) is 0 Å². The van der Waals surface area contributed by atoms with E-state index in [-0.39, 0.29) is 21.6 Å². The molecule has 9 heteroatoms. The van der Waals surface area contributed by atoms with Crippen LogP contribution in [0.2, 0.25) is 5.02 Å². The lowest BCUT2D eigenvalue weighted by molar-refractivity contribution is 0.597. The van der Waals surface area contributed by atoms with Crippen molar-refractivity contribution in [3.05, 3.63) is 41.4 Å². The van der Waals surface area contributed by atoms with Gasteiger partial charge >= 0.3 is 0 Å². The summed E-state index contributed by atoms with van der Waals surface area (Å²) < 4.78 is 39.8. The Kier molecular flexibility index (Phi) is 4.05. The second-order valence-electron chi connectivity index (χ2n) is 3.69. The van der Waals surface area contributed by atoms with Gasteiger partial charge in [-0.2, -0.15) is 0 Å². The van der Waals surface area contributed by atoms with E-state index >= 15 is 0 Å². The Hall–Kier alpha value is -1.93. The van der Waals surface area contributed by atoms with Gasteiger partial charge in [-0.3, -0.25) is 4.72 Å². The molecule has 6 nitrogen and oxygen atoms in total. The first-order valence-corrected chi connectivity index (χ1v) is 7.27. The minimum absolute atomic E-state index is 0.0404. The summed E-state index contributed by atoms with van der Waals surface area (Å²) in [7, 11) is -2.41. The standard InChI is InChI=1S/C11H10ClFN4O2S/c1-14-11-15-5-7(6-16-11)20(18,19)17-10-8(12)3-2-4-9(10)13/h2-6,17H,1H3,(H,14,15,16). The lowest BCUT2D eigenvalue weighted by Gasteiger charge is -2.10. The molecule has 0 radical (unpaired) electrons. The fraction of sp³-hybridized carbons (Fsp3) is 0.0909. The number of rotatable bonds is 4. The number of hydrogen-bond donors (Lipinski definition) is 2. The van der Waals surface area contributed by atoms with Gasteiger partial charge in [0.2, 0.25) is 5.95 Å². The molecule has 0 spiro atoms. The Morgan fingerprint density at radius 1 is 1.25 bits per heavy atom. The zero-order valence-electron chi connectivity index (χ0n) is 10.3. The lowest BCUT2D eigenvalue weighted by Crippen LogP contribution is -2.15. The van der Waals surface area contributed by atoms with Crippen LogP contribution in [-0.2, 0) is 10.0 Å². The lowest BCUT2D eigenvalue weighted by atomic mass is 10.3. The van der Waals surface area contributed by atoms with E-state index in [2.05, 4.69) is 20.0 Å². The second-order valence-corrected chi connectivity index (χ2v) is 5.78. The minimum Gasteiger partial charge on any atom is -0.357 e. The maximum absolute atomic E-state index is 13.6. The Morgan fingerprint density at radius 2 is 1.90 bits per heavy atom. The summed E-state index contributed by atoms with van der Waals surface area (Å²) in [4.78, 5) is 7.37. The molecule has 0 fully saturated rings. The number of anilines is 2. The molecule has 1 aromatic heterocycles. The molecule has 1 heterocycles. The summed E-state index contributed by atoms with van der Waals surface area (Å²) in [5.74, 6) is -0.498. The highest BCUT2D eigenvalue weighted by Gasteiger charge is 2.19. The van der Waals surface area contributed by atoms with Gasteiger partial charge in [0.1, 0.15) is 16.4 Å². The largest absolute Gasteiger partial charge is 0.357 e. The smallest absolute Gasteiger partial charge is 0.265 e. The number of sulfonamides is 1. The van der Waals surface area contributed by atoms with E-state index in [4.69, 9.17) is 11.6 Å². The van der Waals surface area contributed by atoms with Gasteiger partial charge in [0.25, 0.3) is 10.0 Å². The van der Waals surface area contributed by atoms with Gasteiger partial charge in [0.05, 0.1) is 17.4 Å². The Balaban J connectivity index is 2.35. The highest BCUT2D eigenvalue weighted by Crippen LogP contribution is 2.27. The van der Waals surface area contributed by atoms with Crippen LogP contribution in [0.5, 0.6) is 0 Å². The summed E-state index contributed by atoms with van der Waals surface area (Å²) >= 11 is 5.76. The molecular formula is C11H10ClFN4O2S. The minimum atomic E-state index is -4.01. The molecule has 0 bridgehead atoms. The summed E-state index contributed by atoms with van der Waals surface area (Å²) in [5.41, 5.74) is -0.313. The first-order chi connectivity index (χ1) is 9.44. The zero-order valence-corrected chi connectivity index (χ0v) is 11.8. The van der Waals surface area contributed by atoms with Crippen molar-refractivity contribution in [3.63, 3.8) is 0 Å². The first-order valence-electron chi connectivity index (χ1n) is 5.40. The fourth-order valence-electron chi connectivity index (χ4n) is 1.37. The molecule has 0 atom stereocenters. The second kappa shape index (κ2) is 5.59. The molecule has 0 amide bonds. The first kappa shape index (κ1) is 14.5. The summed E-state index contributed by atoms with van der Waals surface area (Å²) in [5, 5.41) is 2.61. The van der Waals surface area contributed by atoms with E-state index in [1.54, 1.807) is 7.05 Å². The van der Waals surface area contributed by atoms with Crippen LogP contribution in [0.15, 0.2) is 35.5 Å². The van der Waals surface area contributed by atoms with Crippen LogP contribution in [0.3, 0.4) is 0 Å². The van der Waals surface area contributed by atoms with Gasteiger partial charge in [-0.05, 0) is 12.1 Å². The van der Waals surface area contributed by atoms with Gasteiger partial charge in [0, 0.05) is 7.05 Å². The summed E-state index contributed by atoms with van der Waals surface area (Å²) in [6, 6.07) is 3.85. The van der Waals surface area contributed by atoms with Crippen LogP contribution in [0.1, 0.15) is 0 Å². The van der Waals surface area contributed by atoms with Crippen molar-refractivity contribution in [2.24, 2.45) is 0 Å². The Morgan fingerprint density at radius 3 is 2.45 bits per heavy atom. The quantitative estimate of drug-likeness (QED) is 0.902. The number of aromatic nitrogens is 2. The fourth-order valence-corrected chi connectivity index (χ4v) is 2.62. The SMILES string of the molecule is CNc1ncc(S(=O)(=O)Nc2c(F)cccc2Cl)cn1. The van der Waals surface area contributed by atoms with E-state index in [0.29, 0.717) is 0 Å². The van der Waals surface area contributed by atoms with Crippen molar-refractivity contribution in [2.75, 3.05) is 17.1 Å². The van der Waals surface area contributed by atoms with Crippen LogP contribution in [0, 0.1) is 5.82 Å². The van der Waals surface area contributed by atoms with Gasteiger partial charge in [-0.15, -0.1) is 0 Å². The van der Waals surface area contributed by atoms with Crippen LogP contribution in [0.4, 0.5) is 16.0 Å². The van der Waals surface area contributed by atoms with Gasteiger partial charge in [-0.25, -0.2) is 22.8 Å². The third kappa shape index (κ3) is 2.97. The Bertz CT molecular complexity index is 701. The van der Waals surface area contributed by atoms with Crippen LogP contribution in [0.25, 0.3) is 0 Å². The monoisotopic (exact) mass is 316 g/mol. The number of halogens is 2. The third-order valence-electron chi connectivity index (χ3n) is 2.36. The number of nitrogens with zero attached hydrogens (tertiary/aromatic N) is 2. The van der Waals surface area contributed by atoms with Crippen LogP contribution in [-0.4, -0.2) is 25.4 Å². The van der Waals surface area contributed by atoms with Crippen molar-refractivity contribution in [3.8, 4) is 0 Å². The van der Waals surface area contributed by atoms with Crippen molar-refractivity contribution < 1.29 is 12.8 Å². The van der Waals surface area contributed by atoms with E-state index in [1.807, 2.05) is 0 Å². The summed E-state index contributed by atoms with van der Waals surface area (Å²) in [6.07, 6.45) is 2.21. The number of hydrogen-bond acceptors (Lipinski definition) is 5. The average Bonchev–Trinajstić information content (AvgIpc) is 2.43. The number of benzene rings is 1. The third-order valence-corrected chi connectivity index (χ3v) is 3.98. The maximum Gasteiger partial charge on any atom is 0.265 e. The predicted octanol–water partition coefficient (Wildman–Crippen LogP) is 2.11. The highest BCUT2D eigenvalue weighted by molar-refractivity contribution is 7.92. The van der Waals surface area contributed by atoms with Crippen molar-refractivity contribution in [2.45, 2.75) is 4.90 Å². The van der Waals surface area contributed by atoms with Crippen molar-refractivity contribution >= 4 is 33.3 Å². The summed E-state index contributed by atoms with van der Waals surface area (Å²) in [6.45, 7) is 0. The Labute approximate surface area is 120 Å². The van der Waals surface area contributed by atoms with Crippen LogP contribution >= 0.6 is 11.6 Å². The molecular weight excluding hydrogens is 307 g/mol. The normalized spacial score (nSPS) is 11.2. The molecule has 0 saturated heterocycles. The molecule has 2 rings (SSSR count).